The summed E-state index contributed by atoms with van der Waals surface area (Å²) in [6, 6.07) is 20.3. The second-order valence-electron chi connectivity index (χ2n) is 7.51. The molecule has 2 aromatic carbocycles. The van der Waals surface area contributed by atoms with Crippen molar-refractivity contribution in [2.24, 2.45) is 0 Å². The van der Waals surface area contributed by atoms with Crippen molar-refractivity contribution in [3.63, 3.8) is 0 Å². The molecule has 2 aromatic heterocycles. The minimum absolute atomic E-state index is 0.338. The SMILES string of the molecule is CC1=C(C(=O)Nc2ccccn2)C(c2ccc(OC(=O)c3ccccc3)cc2)n2nnnc2N1. The third-order valence-corrected chi connectivity index (χ3v) is 5.28. The fourth-order valence-corrected chi connectivity index (χ4v) is 3.69. The van der Waals surface area contributed by atoms with Gasteiger partial charge in [0.25, 0.3) is 5.91 Å². The number of tetrazole rings is 1. The highest BCUT2D eigenvalue weighted by Gasteiger charge is 2.34. The predicted octanol–water partition coefficient (Wildman–Crippen LogP) is 3.21. The quantitative estimate of drug-likeness (QED) is 0.349. The summed E-state index contributed by atoms with van der Waals surface area (Å²) in [5.41, 5.74) is 2.23. The number of rotatable bonds is 5. The lowest BCUT2D eigenvalue weighted by atomic mass is 9.95. The topological polar surface area (TPSA) is 124 Å². The smallest absolute Gasteiger partial charge is 0.343 e. The monoisotopic (exact) mass is 453 g/mol. The van der Waals surface area contributed by atoms with E-state index in [1.54, 1.807) is 79.9 Å². The van der Waals surface area contributed by atoms with E-state index in [0.717, 1.165) is 5.56 Å². The van der Waals surface area contributed by atoms with Crippen molar-refractivity contribution >= 4 is 23.6 Å². The molecule has 0 saturated heterocycles. The summed E-state index contributed by atoms with van der Waals surface area (Å²) in [7, 11) is 0. The molecular formula is C24H19N7O3. The number of hydrogen-bond donors (Lipinski definition) is 2. The Morgan fingerprint density at radius 2 is 1.76 bits per heavy atom. The number of allylic oxidation sites excluding steroid dienone is 1. The van der Waals surface area contributed by atoms with Crippen LogP contribution in [0, 0.1) is 0 Å². The van der Waals surface area contributed by atoms with Gasteiger partial charge in [0.1, 0.15) is 17.6 Å². The Bertz CT molecular complexity index is 1370. The van der Waals surface area contributed by atoms with Gasteiger partial charge in [0, 0.05) is 11.9 Å². The number of esters is 1. The van der Waals surface area contributed by atoms with E-state index < -0.39 is 12.0 Å². The molecule has 1 unspecified atom stereocenters. The molecule has 4 aromatic rings. The minimum atomic E-state index is -0.603. The lowest BCUT2D eigenvalue weighted by molar-refractivity contribution is -0.113. The third kappa shape index (κ3) is 4.11. The highest BCUT2D eigenvalue weighted by molar-refractivity contribution is 6.05. The zero-order valence-corrected chi connectivity index (χ0v) is 18.0. The lowest BCUT2D eigenvalue weighted by Gasteiger charge is -2.28. The zero-order chi connectivity index (χ0) is 23.5. The number of hydrogen-bond acceptors (Lipinski definition) is 8. The van der Waals surface area contributed by atoms with Crippen molar-refractivity contribution in [1.82, 2.24) is 25.2 Å². The number of nitrogens with zero attached hydrogens (tertiary/aromatic N) is 5. The molecule has 3 heterocycles. The zero-order valence-electron chi connectivity index (χ0n) is 18.0. The van der Waals surface area contributed by atoms with Crippen LogP contribution in [0.4, 0.5) is 11.8 Å². The van der Waals surface area contributed by atoms with Crippen LogP contribution in [-0.2, 0) is 4.79 Å². The summed E-state index contributed by atoms with van der Waals surface area (Å²) >= 11 is 0. The number of carbonyl (C=O) groups is 2. The number of aromatic nitrogens is 5. The van der Waals surface area contributed by atoms with Crippen molar-refractivity contribution in [1.29, 1.82) is 0 Å². The molecule has 5 rings (SSSR count). The molecule has 34 heavy (non-hydrogen) atoms. The molecule has 1 aliphatic rings. The summed E-state index contributed by atoms with van der Waals surface area (Å²) in [6.45, 7) is 1.79. The minimum Gasteiger partial charge on any atom is -0.423 e. The van der Waals surface area contributed by atoms with Gasteiger partial charge in [-0.15, -0.1) is 0 Å². The van der Waals surface area contributed by atoms with Gasteiger partial charge in [-0.05, 0) is 59.3 Å². The molecule has 10 heteroatoms. The number of benzene rings is 2. The normalized spacial score (nSPS) is 14.7. The highest BCUT2D eigenvalue weighted by atomic mass is 16.5. The van der Waals surface area contributed by atoms with Gasteiger partial charge in [-0.2, -0.15) is 4.68 Å². The molecule has 0 bridgehead atoms. The number of fused-ring (bicyclic) bond motifs is 1. The van der Waals surface area contributed by atoms with Crippen molar-refractivity contribution in [3.05, 3.63) is 101 Å². The van der Waals surface area contributed by atoms with E-state index in [-0.39, 0.29) is 5.91 Å². The van der Waals surface area contributed by atoms with E-state index in [9.17, 15) is 9.59 Å². The second-order valence-corrected chi connectivity index (χ2v) is 7.51. The van der Waals surface area contributed by atoms with Crippen LogP contribution in [0.2, 0.25) is 0 Å². The number of nitrogens with one attached hydrogen (secondary N) is 2. The maximum Gasteiger partial charge on any atom is 0.343 e. The number of ether oxygens (including phenoxy) is 1. The van der Waals surface area contributed by atoms with Crippen LogP contribution in [0.5, 0.6) is 5.75 Å². The highest BCUT2D eigenvalue weighted by Crippen LogP contribution is 2.35. The van der Waals surface area contributed by atoms with Gasteiger partial charge in [-0.25, -0.2) is 9.78 Å². The fraction of sp³-hybridized carbons (Fsp3) is 0.0833. The van der Waals surface area contributed by atoms with E-state index in [4.69, 9.17) is 4.74 Å². The van der Waals surface area contributed by atoms with E-state index in [1.165, 1.54) is 4.68 Å². The van der Waals surface area contributed by atoms with Crippen LogP contribution in [0.25, 0.3) is 0 Å². The number of carbonyl (C=O) groups excluding carboxylic acids is 2. The number of amides is 1. The van der Waals surface area contributed by atoms with Crippen LogP contribution >= 0.6 is 0 Å². The van der Waals surface area contributed by atoms with Gasteiger partial charge in [0.2, 0.25) is 5.95 Å². The first-order valence-electron chi connectivity index (χ1n) is 10.5. The Hall–Kier alpha value is -4.86. The van der Waals surface area contributed by atoms with E-state index >= 15 is 0 Å². The molecule has 0 saturated carbocycles. The first kappa shape index (κ1) is 21.0. The average molecular weight is 453 g/mol. The van der Waals surface area contributed by atoms with Gasteiger partial charge in [-0.1, -0.05) is 41.5 Å². The summed E-state index contributed by atoms with van der Waals surface area (Å²) in [5.74, 6) is 0.427. The lowest BCUT2D eigenvalue weighted by Crippen LogP contribution is -2.31. The van der Waals surface area contributed by atoms with E-state index in [1.807, 2.05) is 6.07 Å². The predicted molar refractivity (Wildman–Crippen MR) is 123 cm³/mol. The van der Waals surface area contributed by atoms with Crippen LogP contribution in [-0.4, -0.2) is 37.1 Å². The Labute approximate surface area is 194 Å². The molecule has 168 valence electrons. The second kappa shape index (κ2) is 8.94. The fourth-order valence-electron chi connectivity index (χ4n) is 3.69. The van der Waals surface area contributed by atoms with Gasteiger partial charge in [0.05, 0.1) is 11.1 Å². The Morgan fingerprint density at radius 3 is 2.50 bits per heavy atom. The van der Waals surface area contributed by atoms with Gasteiger partial charge in [0.15, 0.2) is 0 Å². The molecule has 0 aliphatic carbocycles. The molecule has 1 aliphatic heterocycles. The molecule has 0 radical (unpaired) electrons. The summed E-state index contributed by atoms with van der Waals surface area (Å²) in [4.78, 5) is 29.8. The first-order valence-corrected chi connectivity index (χ1v) is 10.5. The maximum absolute atomic E-state index is 13.3. The molecule has 0 fully saturated rings. The van der Waals surface area contributed by atoms with Crippen LogP contribution < -0.4 is 15.4 Å². The molecule has 10 nitrogen and oxygen atoms in total. The molecule has 2 N–H and O–H groups in total. The Kier molecular flexibility index (Phi) is 5.53. The van der Waals surface area contributed by atoms with Crippen LogP contribution in [0.1, 0.15) is 28.9 Å². The Balaban J connectivity index is 1.44. The standard InChI is InChI=1S/C24H19N7O3/c1-15-20(22(32)27-19-9-5-6-14-25-19)21(31-24(26-15)28-29-30-31)16-10-12-18(13-11-16)34-23(33)17-7-3-2-4-8-17/h2-14,21H,1H3,(H,25,27,32)(H,26,28,30). The first-order chi connectivity index (χ1) is 16.6. The van der Waals surface area contributed by atoms with E-state index in [0.29, 0.717) is 34.3 Å². The van der Waals surface area contributed by atoms with Crippen molar-refractivity contribution in [2.45, 2.75) is 13.0 Å². The van der Waals surface area contributed by atoms with Crippen LogP contribution in [0.15, 0.2) is 90.3 Å². The van der Waals surface area contributed by atoms with Crippen molar-refractivity contribution in [3.8, 4) is 5.75 Å². The average Bonchev–Trinajstić information content (AvgIpc) is 3.33. The van der Waals surface area contributed by atoms with Crippen LogP contribution in [0.3, 0.4) is 0 Å². The van der Waals surface area contributed by atoms with Gasteiger partial charge < -0.3 is 15.4 Å². The molecule has 1 atom stereocenters. The van der Waals surface area contributed by atoms with Gasteiger partial charge in [-0.3, -0.25) is 4.79 Å². The Morgan fingerprint density at radius 1 is 1.00 bits per heavy atom. The van der Waals surface area contributed by atoms with E-state index in [2.05, 4.69) is 31.1 Å². The summed E-state index contributed by atoms with van der Waals surface area (Å²) in [5, 5.41) is 17.7. The third-order valence-electron chi connectivity index (χ3n) is 5.28. The number of anilines is 2. The largest absolute Gasteiger partial charge is 0.423 e. The molecular weight excluding hydrogens is 434 g/mol. The van der Waals surface area contributed by atoms with Crippen molar-refractivity contribution in [2.75, 3.05) is 10.6 Å². The van der Waals surface area contributed by atoms with Crippen molar-refractivity contribution < 1.29 is 14.3 Å². The van der Waals surface area contributed by atoms with Gasteiger partial charge >= 0.3 is 5.97 Å². The maximum atomic E-state index is 13.3. The summed E-state index contributed by atoms with van der Waals surface area (Å²) < 4.78 is 7.01. The summed E-state index contributed by atoms with van der Waals surface area (Å²) in [6.07, 6.45) is 1.60. The molecule has 0 spiro atoms. The number of pyridine rings is 1. The molecule has 1 amide bonds.